The number of pyridine rings is 2. The number of nitrogens with one attached hydrogen (secondary N) is 1. The van der Waals surface area contributed by atoms with E-state index in [0.717, 1.165) is 43.3 Å². The van der Waals surface area contributed by atoms with Crippen molar-refractivity contribution in [3.05, 3.63) is 99.2 Å². The lowest BCUT2D eigenvalue weighted by atomic mass is 10.0. The van der Waals surface area contributed by atoms with Crippen LogP contribution in [0, 0.1) is 0 Å². The van der Waals surface area contributed by atoms with Crippen LogP contribution < -0.4 is 5.56 Å². The molecule has 4 aromatic rings. The van der Waals surface area contributed by atoms with Crippen LogP contribution >= 0.6 is 11.6 Å². The minimum Gasteiger partial charge on any atom is -0.346 e. The number of carbonyl (C=O) groups is 1. The summed E-state index contributed by atoms with van der Waals surface area (Å²) in [7, 11) is 0. The number of ketones is 1. The van der Waals surface area contributed by atoms with Crippen molar-refractivity contribution in [1.82, 2.24) is 14.5 Å². The minimum atomic E-state index is -0.236. The summed E-state index contributed by atoms with van der Waals surface area (Å²) in [6.07, 6.45) is 10.8. The van der Waals surface area contributed by atoms with Crippen molar-refractivity contribution >= 4 is 28.4 Å². The molecule has 0 aliphatic heterocycles. The summed E-state index contributed by atoms with van der Waals surface area (Å²) in [4.78, 5) is 32.9. The first-order valence-electron chi connectivity index (χ1n) is 11.0. The molecule has 164 valence electrons. The molecule has 4 rings (SSSR count). The van der Waals surface area contributed by atoms with Crippen molar-refractivity contribution in [2.75, 3.05) is 0 Å². The Bertz CT molecular complexity index is 1260. The van der Waals surface area contributed by atoms with E-state index in [4.69, 9.17) is 11.6 Å². The van der Waals surface area contributed by atoms with Gasteiger partial charge in [0, 0.05) is 35.4 Å². The predicted molar refractivity (Wildman–Crippen MR) is 128 cm³/mol. The molecule has 6 heteroatoms. The Morgan fingerprint density at radius 2 is 1.81 bits per heavy atom. The highest BCUT2D eigenvalue weighted by atomic mass is 35.5. The van der Waals surface area contributed by atoms with Gasteiger partial charge < -0.3 is 9.55 Å². The van der Waals surface area contributed by atoms with Crippen LogP contribution in [0.25, 0.3) is 11.0 Å². The van der Waals surface area contributed by atoms with E-state index in [9.17, 15) is 9.59 Å². The predicted octanol–water partition coefficient (Wildman–Crippen LogP) is 5.80. The summed E-state index contributed by atoms with van der Waals surface area (Å²) in [5, 5.41) is 1.84. The second kappa shape index (κ2) is 10.4. The number of aryl methyl sites for hydroxylation is 1. The molecule has 1 aromatic carbocycles. The summed E-state index contributed by atoms with van der Waals surface area (Å²) in [5.41, 5.74) is 3.22. The number of aromatic nitrogens is 3. The summed E-state index contributed by atoms with van der Waals surface area (Å²) in [6.45, 7) is 0.417. The zero-order chi connectivity index (χ0) is 22.3. The van der Waals surface area contributed by atoms with E-state index in [1.807, 2.05) is 24.4 Å². The Morgan fingerprint density at radius 1 is 1.00 bits per heavy atom. The zero-order valence-electron chi connectivity index (χ0n) is 17.9. The van der Waals surface area contributed by atoms with Crippen LogP contribution in [-0.4, -0.2) is 20.3 Å². The fraction of sp³-hybridized carbons (Fsp3) is 0.269. The van der Waals surface area contributed by atoms with Crippen LogP contribution in [0.4, 0.5) is 0 Å². The molecule has 1 N–H and O–H groups in total. The molecule has 3 aromatic heterocycles. The number of hydrogen-bond donors (Lipinski definition) is 1. The highest BCUT2D eigenvalue weighted by molar-refractivity contribution is 6.30. The Hall–Kier alpha value is -3.18. The first-order chi connectivity index (χ1) is 15.6. The number of halogens is 1. The van der Waals surface area contributed by atoms with E-state index in [0.29, 0.717) is 18.0 Å². The minimum absolute atomic E-state index is 0.0804. The van der Waals surface area contributed by atoms with Crippen molar-refractivity contribution in [2.45, 2.75) is 45.1 Å². The first-order valence-corrected chi connectivity index (χ1v) is 11.4. The van der Waals surface area contributed by atoms with Gasteiger partial charge >= 0.3 is 0 Å². The third kappa shape index (κ3) is 5.35. The smallest absolute Gasteiger partial charge is 0.261 e. The molecular formula is C26H26ClN3O2. The second-order valence-electron chi connectivity index (χ2n) is 8.03. The van der Waals surface area contributed by atoms with Gasteiger partial charge in [-0.15, -0.1) is 0 Å². The molecule has 0 fully saturated rings. The van der Waals surface area contributed by atoms with Crippen molar-refractivity contribution in [1.29, 1.82) is 0 Å². The third-order valence-corrected chi connectivity index (χ3v) is 5.98. The monoisotopic (exact) mass is 447 g/mol. The van der Waals surface area contributed by atoms with Crippen molar-refractivity contribution in [2.24, 2.45) is 0 Å². The van der Waals surface area contributed by atoms with Crippen molar-refractivity contribution in [3.63, 3.8) is 0 Å². The van der Waals surface area contributed by atoms with Crippen LogP contribution in [0.15, 0.2) is 71.9 Å². The maximum Gasteiger partial charge on any atom is 0.261 e. The number of carbonyl (C=O) groups excluding carboxylic acids is 1. The number of fused-ring (bicyclic) bond motifs is 1. The molecule has 0 spiro atoms. The maximum absolute atomic E-state index is 12.8. The number of nitrogens with zero attached hydrogens (tertiary/aromatic N) is 2. The lowest BCUT2D eigenvalue weighted by molar-refractivity contribution is 0.0977. The molecule has 0 saturated heterocycles. The van der Waals surface area contributed by atoms with Crippen LogP contribution in [0.3, 0.4) is 0 Å². The molecule has 0 unspecified atom stereocenters. The maximum atomic E-state index is 12.8. The molecule has 0 aliphatic rings. The van der Waals surface area contributed by atoms with Crippen LogP contribution in [0.5, 0.6) is 0 Å². The van der Waals surface area contributed by atoms with E-state index in [2.05, 4.69) is 16.0 Å². The van der Waals surface area contributed by atoms with Crippen LogP contribution in [0.2, 0.25) is 5.02 Å². The normalized spacial score (nSPS) is 11.2. The Labute approximate surface area is 192 Å². The van der Waals surface area contributed by atoms with Gasteiger partial charge in [0.05, 0.1) is 12.1 Å². The topological polar surface area (TPSA) is 67.8 Å². The van der Waals surface area contributed by atoms with Crippen LogP contribution in [-0.2, 0) is 13.0 Å². The van der Waals surface area contributed by atoms with E-state index in [-0.39, 0.29) is 16.9 Å². The summed E-state index contributed by atoms with van der Waals surface area (Å²) < 4.78 is 1.58. The molecule has 0 amide bonds. The Kier molecular flexibility index (Phi) is 7.17. The highest BCUT2D eigenvalue weighted by Gasteiger charge is 2.12. The van der Waals surface area contributed by atoms with Gasteiger partial charge in [0.1, 0.15) is 5.65 Å². The van der Waals surface area contributed by atoms with Gasteiger partial charge in [0.2, 0.25) is 0 Å². The molecule has 0 aliphatic carbocycles. The number of hydrogen-bond acceptors (Lipinski definition) is 3. The quantitative estimate of drug-likeness (QED) is 0.246. The van der Waals surface area contributed by atoms with Gasteiger partial charge in [-0.3, -0.25) is 9.59 Å². The summed E-state index contributed by atoms with van der Waals surface area (Å²) >= 11 is 5.92. The van der Waals surface area contributed by atoms with Gasteiger partial charge in [0.25, 0.3) is 5.56 Å². The molecule has 3 heterocycles. The van der Waals surface area contributed by atoms with Crippen molar-refractivity contribution in [3.8, 4) is 0 Å². The largest absolute Gasteiger partial charge is 0.346 e. The van der Waals surface area contributed by atoms with E-state index < -0.39 is 0 Å². The Morgan fingerprint density at radius 3 is 2.66 bits per heavy atom. The van der Waals surface area contributed by atoms with Crippen LogP contribution in [0.1, 0.15) is 53.6 Å². The fourth-order valence-corrected chi connectivity index (χ4v) is 4.09. The summed E-state index contributed by atoms with van der Waals surface area (Å²) in [6, 6.07) is 14.8. The SMILES string of the molecule is O=C(CCCCCCc1c[nH]c2ncccc12)c1cccn(Cc2ccc(Cl)cc2)c1=O. The fourth-order valence-electron chi connectivity index (χ4n) is 3.97. The number of H-pyrrole nitrogens is 1. The molecule has 32 heavy (non-hydrogen) atoms. The molecule has 0 radical (unpaired) electrons. The van der Waals surface area contributed by atoms with Gasteiger partial charge in [-0.1, -0.05) is 36.6 Å². The van der Waals surface area contributed by atoms with Gasteiger partial charge in [-0.25, -0.2) is 4.98 Å². The number of aromatic amines is 1. The summed E-state index contributed by atoms with van der Waals surface area (Å²) in [5.74, 6) is -0.0804. The lowest BCUT2D eigenvalue weighted by Gasteiger charge is -2.08. The molecular weight excluding hydrogens is 422 g/mol. The number of Topliss-reactive ketones (excluding diaryl/α,β-unsaturated/α-hetero) is 1. The Balaban J connectivity index is 1.25. The first kappa shape index (κ1) is 22.0. The average molecular weight is 448 g/mol. The lowest BCUT2D eigenvalue weighted by Crippen LogP contribution is -2.26. The van der Waals surface area contributed by atoms with E-state index in [1.165, 1.54) is 10.9 Å². The third-order valence-electron chi connectivity index (χ3n) is 5.72. The molecule has 5 nitrogen and oxygen atoms in total. The van der Waals surface area contributed by atoms with Gasteiger partial charge in [-0.05, 0) is 66.8 Å². The molecule has 0 saturated carbocycles. The van der Waals surface area contributed by atoms with Gasteiger partial charge in [0.15, 0.2) is 5.78 Å². The average Bonchev–Trinajstić information content (AvgIpc) is 3.22. The second-order valence-corrected chi connectivity index (χ2v) is 8.47. The highest BCUT2D eigenvalue weighted by Crippen LogP contribution is 2.18. The molecule has 0 bridgehead atoms. The van der Waals surface area contributed by atoms with Crippen molar-refractivity contribution < 1.29 is 4.79 Å². The number of unbranched alkanes of at least 4 members (excludes halogenated alkanes) is 3. The number of benzene rings is 1. The van der Waals surface area contributed by atoms with E-state index >= 15 is 0 Å². The van der Waals surface area contributed by atoms with Gasteiger partial charge in [-0.2, -0.15) is 0 Å². The zero-order valence-corrected chi connectivity index (χ0v) is 18.6. The standard InChI is InChI=1S/C26H26ClN3O2/c27-21-13-11-19(12-14-21)18-30-16-6-9-23(26(30)32)24(31)10-4-2-1-3-7-20-17-29-25-22(20)8-5-15-28-25/h5-6,8-9,11-17H,1-4,7,10,18H2,(H,28,29). The van der Waals surface area contributed by atoms with E-state index in [1.54, 1.807) is 41.2 Å². The molecule has 0 atom stereocenters. The number of rotatable bonds is 10.